The summed E-state index contributed by atoms with van der Waals surface area (Å²) in [5.41, 5.74) is 2.13. The summed E-state index contributed by atoms with van der Waals surface area (Å²) < 4.78 is 18.2. The van der Waals surface area contributed by atoms with Crippen LogP contribution in [0.1, 0.15) is 22.5 Å². The highest BCUT2D eigenvalue weighted by molar-refractivity contribution is 5.98. The Kier molecular flexibility index (Phi) is 4.73. The number of carbonyl (C=O) groups excluding carboxylic acids is 2. The van der Waals surface area contributed by atoms with E-state index in [2.05, 4.69) is 10.3 Å². The SMILES string of the molecule is COc1ccc2[nH]c(C(=O)N[C@H]3CC(=O)N(Cc4ccc(F)cc4)C3)cc2c1. The lowest BCUT2D eigenvalue weighted by Gasteiger charge is -2.17. The summed E-state index contributed by atoms with van der Waals surface area (Å²) in [7, 11) is 1.59. The molecule has 6 nitrogen and oxygen atoms in total. The summed E-state index contributed by atoms with van der Waals surface area (Å²) in [5, 5.41) is 3.80. The van der Waals surface area contributed by atoms with Gasteiger partial charge in [0.2, 0.25) is 5.91 Å². The fourth-order valence-electron chi connectivity index (χ4n) is 3.46. The Morgan fingerprint density at radius 1 is 1.25 bits per heavy atom. The van der Waals surface area contributed by atoms with E-state index < -0.39 is 0 Å². The van der Waals surface area contributed by atoms with Crippen molar-refractivity contribution >= 4 is 22.7 Å². The van der Waals surface area contributed by atoms with Gasteiger partial charge in [-0.15, -0.1) is 0 Å². The number of ether oxygens (including phenoxy) is 1. The lowest BCUT2D eigenvalue weighted by atomic mass is 10.2. The molecule has 3 aromatic rings. The van der Waals surface area contributed by atoms with Gasteiger partial charge in [0.1, 0.15) is 17.3 Å². The predicted molar refractivity (Wildman–Crippen MR) is 103 cm³/mol. The Morgan fingerprint density at radius 2 is 2.04 bits per heavy atom. The van der Waals surface area contributed by atoms with Crippen LogP contribution in [0.15, 0.2) is 48.5 Å². The number of likely N-dealkylation sites (tertiary alicyclic amines) is 1. The first-order chi connectivity index (χ1) is 13.5. The van der Waals surface area contributed by atoms with E-state index in [9.17, 15) is 14.0 Å². The van der Waals surface area contributed by atoms with Crippen LogP contribution in [-0.2, 0) is 11.3 Å². The third-order valence-electron chi connectivity index (χ3n) is 4.91. The van der Waals surface area contributed by atoms with E-state index in [1.54, 1.807) is 30.2 Å². The van der Waals surface area contributed by atoms with Gasteiger partial charge in [0.05, 0.1) is 13.2 Å². The van der Waals surface area contributed by atoms with Crippen LogP contribution in [-0.4, -0.2) is 41.4 Å². The van der Waals surface area contributed by atoms with Gasteiger partial charge >= 0.3 is 0 Å². The number of amides is 2. The first-order valence-electron chi connectivity index (χ1n) is 9.01. The number of H-pyrrole nitrogens is 1. The number of methoxy groups -OCH3 is 1. The van der Waals surface area contributed by atoms with Gasteiger partial charge in [-0.05, 0) is 42.0 Å². The minimum Gasteiger partial charge on any atom is -0.497 e. The lowest BCUT2D eigenvalue weighted by Crippen LogP contribution is -2.37. The number of benzene rings is 2. The number of hydrogen-bond donors (Lipinski definition) is 2. The molecule has 2 amide bonds. The van der Waals surface area contributed by atoms with Crippen LogP contribution in [0, 0.1) is 5.82 Å². The zero-order chi connectivity index (χ0) is 19.7. The third kappa shape index (κ3) is 3.69. The molecule has 1 aliphatic heterocycles. The van der Waals surface area contributed by atoms with Crippen molar-refractivity contribution in [1.82, 2.24) is 15.2 Å². The maximum absolute atomic E-state index is 13.0. The predicted octanol–water partition coefficient (Wildman–Crippen LogP) is 2.85. The second-order valence-electron chi connectivity index (χ2n) is 6.91. The van der Waals surface area contributed by atoms with Crippen molar-refractivity contribution in [3.05, 3.63) is 65.6 Å². The summed E-state index contributed by atoms with van der Waals surface area (Å²) in [5.74, 6) is 0.126. The van der Waals surface area contributed by atoms with Gasteiger partial charge < -0.3 is 19.9 Å². The minimum absolute atomic E-state index is 0.0315. The molecule has 0 saturated carbocycles. The number of nitrogens with zero attached hydrogens (tertiary/aromatic N) is 1. The van der Waals surface area contributed by atoms with E-state index in [-0.39, 0.29) is 30.1 Å². The van der Waals surface area contributed by atoms with Crippen molar-refractivity contribution in [2.75, 3.05) is 13.7 Å². The second-order valence-corrected chi connectivity index (χ2v) is 6.91. The Hall–Kier alpha value is -3.35. The molecular weight excluding hydrogens is 361 g/mol. The zero-order valence-electron chi connectivity index (χ0n) is 15.4. The first-order valence-corrected chi connectivity index (χ1v) is 9.01. The van der Waals surface area contributed by atoms with Gasteiger partial charge in [0, 0.05) is 30.4 Å². The number of nitrogens with one attached hydrogen (secondary N) is 2. The summed E-state index contributed by atoms with van der Waals surface area (Å²) in [6.07, 6.45) is 0.251. The quantitative estimate of drug-likeness (QED) is 0.714. The van der Waals surface area contributed by atoms with E-state index in [1.165, 1.54) is 12.1 Å². The average Bonchev–Trinajstić information content (AvgIpc) is 3.26. The number of aromatic nitrogens is 1. The van der Waals surface area contributed by atoms with Crippen molar-refractivity contribution in [2.24, 2.45) is 0 Å². The smallest absolute Gasteiger partial charge is 0.268 e. The van der Waals surface area contributed by atoms with Gasteiger partial charge in [-0.1, -0.05) is 12.1 Å². The topological polar surface area (TPSA) is 74.4 Å². The molecule has 0 spiro atoms. The summed E-state index contributed by atoms with van der Waals surface area (Å²) >= 11 is 0. The molecule has 2 N–H and O–H groups in total. The first kappa shape index (κ1) is 18.0. The Morgan fingerprint density at radius 3 is 2.79 bits per heavy atom. The highest BCUT2D eigenvalue weighted by Gasteiger charge is 2.31. The normalized spacial score (nSPS) is 16.6. The van der Waals surface area contributed by atoms with E-state index in [1.807, 2.05) is 18.2 Å². The fourth-order valence-corrected chi connectivity index (χ4v) is 3.46. The number of carbonyl (C=O) groups is 2. The van der Waals surface area contributed by atoms with Crippen LogP contribution in [0.2, 0.25) is 0 Å². The molecule has 0 aliphatic carbocycles. The van der Waals surface area contributed by atoms with Crippen molar-refractivity contribution < 1.29 is 18.7 Å². The molecule has 0 radical (unpaired) electrons. The Labute approximate surface area is 161 Å². The molecule has 0 bridgehead atoms. The zero-order valence-corrected chi connectivity index (χ0v) is 15.4. The van der Waals surface area contributed by atoms with E-state index in [0.29, 0.717) is 18.8 Å². The third-order valence-corrected chi connectivity index (χ3v) is 4.91. The van der Waals surface area contributed by atoms with Crippen LogP contribution in [0.4, 0.5) is 4.39 Å². The number of rotatable bonds is 5. The van der Waals surface area contributed by atoms with Gasteiger partial charge in [0.15, 0.2) is 0 Å². The highest BCUT2D eigenvalue weighted by atomic mass is 19.1. The molecule has 2 heterocycles. The molecule has 4 rings (SSSR count). The molecular formula is C21H20FN3O3. The van der Waals surface area contributed by atoms with Crippen molar-refractivity contribution in [2.45, 2.75) is 19.0 Å². The Balaban J connectivity index is 1.41. The second kappa shape index (κ2) is 7.34. The van der Waals surface area contributed by atoms with Gasteiger partial charge in [-0.2, -0.15) is 0 Å². The van der Waals surface area contributed by atoms with Gasteiger partial charge in [0.25, 0.3) is 5.91 Å². The maximum atomic E-state index is 13.0. The number of hydrogen-bond acceptors (Lipinski definition) is 3. The van der Waals surface area contributed by atoms with Crippen LogP contribution >= 0.6 is 0 Å². The van der Waals surface area contributed by atoms with Crippen LogP contribution in [0.3, 0.4) is 0 Å². The number of halogens is 1. The monoisotopic (exact) mass is 381 g/mol. The molecule has 1 fully saturated rings. The van der Waals surface area contributed by atoms with E-state index in [0.717, 1.165) is 22.2 Å². The van der Waals surface area contributed by atoms with Crippen LogP contribution in [0.25, 0.3) is 10.9 Å². The van der Waals surface area contributed by atoms with Crippen molar-refractivity contribution in [1.29, 1.82) is 0 Å². The fraction of sp³-hybridized carbons (Fsp3) is 0.238. The van der Waals surface area contributed by atoms with Crippen LogP contribution < -0.4 is 10.1 Å². The van der Waals surface area contributed by atoms with Gasteiger partial charge in [-0.25, -0.2) is 4.39 Å². The largest absolute Gasteiger partial charge is 0.497 e. The summed E-state index contributed by atoms with van der Waals surface area (Å²) in [4.78, 5) is 29.6. The minimum atomic E-state index is -0.308. The molecule has 7 heteroatoms. The summed E-state index contributed by atoms with van der Waals surface area (Å²) in [6, 6.07) is 13.1. The van der Waals surface area contributed by atoms with E-state index >= 15 is 0 Å². The van der Waals surface area contributed by atoms with Crippen molar-refractivity contribution in [3.63, 3.8) is 0 Å². The number of aromatic amines is 1. The molecule has 1 aromatic heterocycles. The standard InChI is InChI=1S/C21H20FN3O3/c1-28-17-6-7-18-14(8-17)9-19(24-18)21(27)23-16-10-20(26)25(12-16)11-13-2-4-15(22)5-3-13/h2-9,16,24H,10-12H2,1H3,(H,23,27)/t16-/m0/s1. The van der Waals surface area contributed by atoms with Crippen LogP contribution in [0.5, 0.6) is 5.75 Å². The average molecular weight is 381 g/mol. The molecule has 1 atom stereocenters. The molecule has 144 valence electrons. The molecule has 28 heavy (non-hydrogen) atoms. The maximum Gasteiger partial charge on any atom is 0.268 e. The molecule has 2 aromatic carbocycles. The van der Waals surface area contributed by atoms with Gasteiger partial charge in [-0.3, -0.25) is 9.59 Å². The Bertz CT molecular complexity index is 1030. The molecule has 1 aliphatic rings. The molecule has 0 unspecified atom stereocenters. The summed E-state index contributed by atoms with van der Waals surface area (Å²) in [6.45, 7) is 0.827. The lowest BCUT2D eigenvalue weighted by molar-refractivity contribution is -0.128. The van der Waals surface area contributed by atoms with Crippen molar-refractivity contribution in [3.8, 4) is 5.75 Å². The highest BCUT2D eigenvalue weighted by Crippen LogP contribution is 2.22. The van der Waals surface area contributed by atoms with E-state index in [4.69, 9.17) is 4.74 Å². The molecule has 1 saturated heterocycles. The number of fused-ring (bicyclic) bond motifs is 1.